The number of rotatable bonds is 8. The van der Waals surface area contributed by atoms with E-state index in [9.17, 15) is 5.11 Å². The summed E-state index contributed by atoms with van der Waals surface area (Å²) >= 11 is 0. The first-order valence-electron chi connectivity index (χ1n) is 11.8. The molecule has 0 amide bonds. The second-order valence-corrected chi connectivity index (χ2v) is 8.56. The maximum atomic E-state index is 9.66. The average molecular weight is 562 g/mol. The van der Waals surface area contributed by atoms with E-state index in [-0.39, 0.29) is 30.1 Å². The van der Waals surface area contributed by atoms with Crippen LogP contribution in [0.1, 0.15) is 36.5 Å². The molecule has 0 bridgehead atoms. The number of nitrogens with one attached hydrogen (secondary N) is 3. The summed E-state index contributed by atoms with van der Waals surface area (Å²) < 4.78 is 0. The molecule has 33 heavy (non-hydrogen) atoms. The van der Waals surface area contributed by atoms with Gasteiger partial charge in [0.15, 0.2) is 5.96 Å². The molecule has 1 fully saturated rings. The second kappa shape index (κ2) is 13.0. The van der Waals surface area contributed by atoms with Crippen LogP contribution in [-0.4, -0.2) is 53.2 Å². The molecular formula is C26H36IN5O. The molecule has 178 valence electrons. The van der Waals surface area contributed by atoms with E-state index in [1.165, 1.54) is 27.6 Å². The highest BCUT2D eigenvalue weighted by atomic mass is 127. The Bertz CT molecular complexity index is 1010. The van der Waals surface area contributed by atoms with Crippen LogP contribution in [0.25, 0.3) is 10.9 Å². The van der Waals surface area contributed by atoms with Crippen molar-refractivity contribution in [3.8, 4) is 0 Å². The van der Waals surface area contributed by atoms with E-state index in [2.05, 4.69) is 82.2 Å². The van der Waals surface area contributed by atoms with Gasteiger partial charge in [0.1, 0.15) is 0 Å². The van der Waals surface area contributed by atoms with Crippen molar-refractivity contribution in [3.63, 3.8) is 0 Å². The van der Waals surface area contributed by atoms with Gasteiger partial charge in [0.2, 0.25) is 0 Å². The van der Waals surface area contributed by atoms with E-state index in [0.717, 1.165) is 57.9 Å². The first kappa shape index (κ1) is 25.5. The van der Waals surface area contributed by atoms with Crippen molar-refractivity contribution in [2.24, 2.45) is 4.99 Å². The molecule has 0 aliphatic carbocycles. The lowest BCUT2D eigenvalue weighted by Gasteiger charge is -2.29. The Hall–Kier alpha value is -2.10. The topological polar surface area (TPSA) is 75.7 Å². The number of H-pyrrole nitrogens is 1. The van der Waals surface area contributed by atoms with Crippen molar-refractivity contribution in [1.82, 2.24) is 20.5 Å². The molecule has 0 saturated carbocycles. The zero-order valence-electron chi connectivity index (χ0n) is 19.4. The van der Waals surface area contributed by atoms with Gasteiger partial charge < -0.3 is 20.7 Å². The van der Waals surface area contributed by atoms with Crippen LogP contribution in [-0.2, 0) is 19.5 Å². The molecule has 3 aromatic rings. The van der Waals surface area contributed by atoms with Crippen molar-refractivity contribution in [3.05, 3.63) is 71.4 Å². The number of aromatic amines is 1. The van der Waals surface area contributed by atoms with E-state index < -0.39 is 0 Å². The number of benzene rings is 2. The summed E-state index contributed by atoms with van der Waals surface area (Å²) in [6.45, 7) is 7.31. The van der Waals surface area contributed by atoms with Crippen LogP contribution in [0, 0.1) is 0 Å². The third-order valence-electron chi connectivity index (χ3n) is 6.11. The van der Waals surface area contributed by atoms with Crippen LogP contribution in [0.15, 0.2) is 59.7 Å². The van der Waals surface area contributed by atoms with Gasteiger partial charge in [-0.2, -0.15) is 0 Å². The van der Waals surface area contributed by atoms with Gasteiger partial charge in [-0.3, -0.25) is 4.90 Å². The molecular weight excluding hydrogens is 525 g/mol. The third-order valence-corrected chi connectivity index (χ3v) is 6.11. The summed E-state index contributed by atoms with van der Waals surface area (Å²) in [6.07, 6.45) is 4.69. The summed E-state index contributed by atoms with van der Waals surface area (Å²) in [4.78, 5) is 10.5. The molecule has 0 atom stereocenters. The Morgan fingerprint density at radius 1 is 1.06 bits per heavy atom. The SMILES string of the molecule is CCNC(=NCc1ccc(CN2CCC(O)CC2)cc1)NCCc1c[nH]c2ccccc12.I. The standard InChI is InChI=1S/C26H35N5O.HI/c1-2-27-26(28-14-11-22-18-29-25-6-4-3-5-24(22)25)30-17-20-7-9-21(10-8-20)19-31-15-12-23(32)13-16-31;/h3-10,18,23,29,32H,2,11-17,19H2,1H3,(H2,27,28,30);1H. The van der Waals surface area contributed by atoms with Gasteiger partial charge in [0, 0.05) is 49.8 Å². The monoisotopic (exact) mass is 561 g/mol. The van der Waals surface area contributed by atoms with Gasteiger partial charge >= 0.3 is 0 Å². The fourth-order valence-electron chi connectivity index (χ4n) is 4.25. The lowest BCUT2D eigenvalue weighted by Crippen LogP contribution is -2.38. The van der Waals surface area contributed by atoms with Gasteiger partial charge in [-0.25, -0.2) is 4.99 Å². The summed E-state index contributed by atoms with van der Waals surface area (Å²) in [6, 6.07) is 17.2. The zero-order valence-corrected chi connectivity index (χ0v) is 21.7. The molecule has 4 N–H and O–H groups in total. The maximum absolute atomic E-state index is 9.66. The molecule has 0 unspecified atom stereocenters. The Balaban J connectivity index is 0.00000306. The average Bonchev–Trinajstić information content (AvgIpc) is 3.23. The van der Waals surface area contributed by atoms with E-state index in [4.69, 9.17) is 4.99 Å². The van der Waals surface area contributed by atoms with Crippen LogP contribution in [0.2, 0.25) is 0 Å². The van der Waals surface area contributed by atoms with Crippen LogP contribution in [0.5, 0.6) is 0 Å². The van der Waals surface area contributed by atoms with Gasteiger partial charge in [-0.05, 0) is 48.9 Å². The van der Waals surface area contributed by atoms with Crippen molar-refractivity contribution in [1.29, 1.82) is 0 Å². The predicted octanol–water partition coefficient (Wildman–Crippen LogP) is 4.04. The maximum Gasteiger partial charge on any atom is 0.191 e. The first-order valence-corrected chi connectivity index (χ1v) is 11.8. The number of para-hydroxylation sites is 1. The van der Waals surface area contributed by atoms with E-state index >= 15 is 0 Å². The number of hydrogen-bond donors (Lipinski definition) is 4. The number of halogens is 1. The van der Waals surface area contributed by atoms with Crippen LogP contribution in [0.3, 0.4) is 0 Å². The number of hydrogen-bond acceptors (Lipinski definition) is 3. The number of piperidine rings is 1. The number of nitrogens with zero attached hydrogens (tertiary/aromatic N) is 2. The van der Waals surface area contributed by atoms with E-state index in [1.807, 2.05) is 0 Å². The molecule has 1 aliphatic heterocycles. The lowest BCUT2D eigenvalue weighted by atomic mass is 10.1. The molecule has 2 aromatic carbocycles. The third kappa shape index (κ3) is 7.45. The smallest absolute Gasteiger partial charge is 0.191 e. The van der Waals surface area contributed by atoms with E-state index in [1.54, 1.807) is 0 Å². The summed E-state index contributed by atoms with van der Waals surface area (Å²) in [5.74, 6) is 0.850. The number of aliphatic hydroxyl groups excluding tert-OH is 1. The quantitative estimate of drug-likeness (QED) is 0.190. The van der Waals surface area contributed by atoms with Crippen molar-refractivity contribution in [2.45, 2.75) is 45.4 Å². The largest absolute Gasteiger partial charge is 0.393 e. The number of aromatic nitrogens is 1. The van der Waals surface area contributed by atoms with Crippen molar-refractivity contribution >= 4 is 40.8 Å². The molecule has 4 rings (SSSR count). The Labute approximate surface area is 213 Å². The fraction of sp³-hybridized carbons (Fsp3) is 0.423. The van der Waals surface area contributed by atoms with Gasteiger partial charge in [0.05, 0.1) is 12.6 Å². The molecule has 1 aromatic heterocycles. The number of likely N-dealkylation sites (tertiary alicyclic amines) is 1. The number of aliphatic imine (C=N–C) groups is 1. The highest BCUT2D eigenvalue weighted by Crippen LogP contribution is 2.18. The molecule has 2 heterocycles. The minimum absolute atomic E-state index is 0. The molecule has 6 nitrogen and oxygen atoms in total. The van der Waals surface area contributed by atoms with E-state index in [0.29, 0.717) is 6.54 Å². The van der Waals surface area contributed by atoms with Crippen LogP contribution < -0.4 is 10.6 Å². The minimum Gasteiger partial charge on any atom is -0.393 e. The van der Waals surface area contributed by atoms with Crippen molar-refractivity contribution < 1.29 is 5.11 Å². The van der Waals surface area contributed by atoms with Gasteiger partial charge in [-0.1, -0.05) is 42.5 Å². The fourth-order valence-corrected chi connectivity index (χ4v) is 4.25. The molecule has 7 heteroatoms. The van der Waals surface area contributed by atoms with Crippen LogP contribution >= 0.6 is 24.0 Å². The summed E-state index contributed by atoms with van der Waals surface area (Å²) in [5.41, 5.74) is 5.03. The first-order chi connectivity index (χ1) is 15.7. The second-order valence-electron chi connectivity index (χ2n) is 8.56. The highest BCUT2D eigenvalue weighted by Gasteiger charge is 2.16. The lowest BCUT2D eigenvalue weighted by molar-refractivity contribution is 0.0792. The Morgan fingerprint density at radius 3 is 2.55 bits per heavy atom. The highest BCUT2D eigenvalue weighted by molar-refractivity contribution is 14.0. The van der Waals surface area contributed by atoms with Crippen LogP contribution in [0.4, 0.5) is 0 Å². The normalized spacial score (nSPS) is 15.4. The summed E-state index contributed by atoms with van der Waals surface area (Å²) in [7, 11) is 0. The van der Waals surface area contributed by atoms with Gasteiger partial charge in [0.25, 0.3) is 0 Å². The Morgan fingerprint density at radius 2 is 1.79 bits per heavy atom. The van der Waals surface area contributed by atoms with Gasteiger partial charge in [-0.15, -0.1) is 24.0 Å². The zero-order chi connectivity index (χ0) is 22.2. The summed E-state index contributed by atoms with van der Waals surface area (Å²) in [5, 5.41) is 17.8. The number of guanidine groups is 1. The minimum atomic E-state index is -0.117. The predicted molar refractivity (Wildman–Crippen MR) is 147 cm³/mol. The molecule has 1 saturated heterocycles. The number of aliphatic hydroxyl groups is 1. The van der Waals surface area contributed by atoms with Crippen molar-refractivity contribution in [2.75, 3.05) is 26.2 Å². The number of fused-ring (bicyclic) bond motifs is 1. The molecule has 0 radical (unpaired) electrons. The molecule has 1 aliphatic rings. The Kier molecular flexibility index (Phi) is 10.0. The molecule has 0 spiro atoms.